The lowest BCUT2D eigenvalue weighted by Crippen LogP contribution is -2.36. The molecule has 1 atom stereocenters. The Morgan fingerprint density at radius 1 is 1.60 bits per heavy atom. The van der Waals surface area contributed by atoms with Crippen molar-refractivity contribution in [2.45, 2.75) is 32.2 Å². The lowest BCUT2D eigenvalue weighted by molar-refractivity contribution is -0.144. The van der Waals surface area contributed by atoms with Gasteiger partial charge in [0, 0.05) is 6.54 Å². The number of nitrogens with zero attached hydrogens (tertiary/aromatic N) is 1. The van der Waals surface area contributed by atoms with Crippen molar-refractivity contribution in [1.29, 1.82) is 0 Å². The summed E-state index contributed by atoms with van der Waals surface area (Å²) in [5, 5.41) is 0. The molecule has 1 fully saturated rings. The predicted octanol–water partition coefficient (Wildman–Crippen LogP) is 0.609. The maximum absolute atomic E-state index is 11.2. The zero-order chi connectivity index (χ0) is 11.3. The predicted molar refractivity (Wildman–Crippen MR) is 59.4 cm³/mol. The van der Waals surface area contributed by atoms with Crippen LogP contribution in [0.25, 0.3) is 0 Å². The second kappa shape index (κ2) is 6.08. The molecule has 1 saturated carbocycles. The Bertz CT molecular complexity index is 205. The Morgan fingerprint density at radius 3 is 2.80 bits per heavy atom. The second-order valence-corrected chi connectivity index (χ2v) is 4.35. The van der Waals surface area contributed by atoms with Crippen molar-refractivity contribution in [2.75, 3.05) is 26.7 Å². The summed E-state index contributed by atoms with van der Waals surface area (Å²) in [7, 11) is 2.08. The van der Waals surface area contributed by atoms with Crippen LogP contribution >= 0.6 is 0 Å². The first kappa shape index (κ1) is 12.5. The van der Waals surface area contributed by atoms with Gasteiger partial charge in [0.25, 0.3) is 0 Å². The van der Waals surface area contributed by atoms with E-state index in [-0.39, 0.29) is 5.97 Å². The molecule has 0 saturated heterocycles. The number of ether oxygens (including phenoxy) is 1. The highest BCUT2D eigenvalue weighted by Gasteiger charge is 2.23. The molecule has 1 aliphatic carbocycles. The first-order valence-corrected chi connectivity index (χ1v) is 5.74. The number of carbonyl (C=O) groups is 1. The van der Waals surface area contributed by atoms with E-state index < -0.39 is 6.04 Å². The van der Waals surface area contributed by atoms with Crippen LogP contribution in [-0.4, -0.2) is 43.7 Å². The van der Waals surface area contributed by atoms with Crippen molar-refractivity contribution < 1.29 is 9.53 Å². The number of carbonyl (C=O) groups excluding carboxylic acids is 1. The van der Waals surface area contributed by atoms with E-state index >= 15 is 0 Å². The van der Waals surface area contributed by atoms with E-state index in [0.717, 1.165) is 19.0 Å². The van der Waals surface area contributed by atoms with Gasteiger partial charge in [-0.3, -0.25) is 4.79 Å². The standard InChI is InChI=1S/C11H22N2O2/c1-3-15-11(14)10(12)6-7-13(2)8-9-4-5-9/h9-10H,3-8,12H2,1-2H3. The van der Waals surface area contributed by atoms with Gasteiger partial charge < -0.3 is 15.4 Å². The fourth-order valence-corrected chi connectivity index (χ4v) is 1.56. The van der Waals surface area contributed by atoms with Gasteiger partial charge >= 0.3 is 5.97 Å². The molecule has 1 aliphatic rings. The first-order chi connectivity index (χ1) is 7.13. The van der Waals surface area contributed by atoms with E-state index in [0.29, 0.717) is 13.0 Å². The molecule has 0 heterocycles. The number of rotatable bonds is 7. The minimum atomic E-state index is -0.466. The summed E-state index contributed by atoms with van der Waals surface area (Å²) < 4.78 is 4.85. The van der Waals surface area contributed by atoms with Gasteiger partial charge in [-0.05, 0) is 45.7 Å². The maximum atomic E-state index is 11.2. The SMILES string of the molecule is CCOC(=O)C(N)CCN(C)CC1CC1. The molecular weight excluding hydrogens is 192 g/mol. The van der Waals surface area contributed by atoms with Crippen molar-refractivity contribution in [1.82, 2.24) is 4.90 Å². The van der Waals surface area contributed by atoms with Crippen molar-refractivity contribution in [3.63, 3.8) is 0 Å². The minimum Gasteiger partial charge on any atom is -0.465 e. The molecule has 2 N–H and O–H groups in total. The fourth-order valence-electron chi connectivity index (χ4n) is 1.56. The molecule has 4 heteroatoms. The topological polar surface area (TPSA) is 55.6 Å². The van der Waals surface area contributed by atoms with Gasteiger partial charge in [0.15, 0.2) is 0 Å². The van der Waals surface area contributed by atoms with Gasteiger partial charge in [-0.1, -0.05) is 0 Å². The summed E-state index contributed by atoms with van der Waals surface area (Å²) in [4.78, 5) is 13.5. The summed E-state index contributed by atoms with van der Waals surface area (Å²) in [6.45, 7) is 4.21. The van der Waals surface area contributed by atoms with Crippen molar-refractivity contribution in [2.24, 2.45) is 11.7 Å². The van der Waals surface area contributed by atoms with Crippen LogP contribution in [0.15, 0.2) is 0 Å². The van der Waals surface area contributed by atoms with Crippen LogP contribution in [0.2, 0.25) is 0 Å². The largest absolute Gasteiger partial charge is 0.465 e. The summed E-state index contributed by atoms with van der Waals surface area (Å²) in [6, 6.07) is -0.466. The van der Waals surface area contributed by atoms with E-state index in [1.165, 1.54) is 12.8 Å². The smallest absolute Gasteiger partial charge is 0.322 e. The number of esters is 1. The monoisotopic (exact) mass is 214 g/mol. The number of nitrogens with two attached hydrogens (primary N) is 1. The Kier molecular flexibility index (Phi) is 5.05. The second-order valence-electron chi connectivity index (χ2n) is 4.35. The Morgan fingerprint density at radius 2 is 2.27 bits per heavy atom. The number of hydrogen-bond acceptors (Lipinski definition) is 4. The zero-order valence-electron chi connectivity index (χ0n) is 9.74. The maximum Gasteiger partial charge on any atom is 0.322 e. The minimum absolute atomic E-state index is 0.280. The Hall–Kier alpha value is -0.610. The van der Waals surface area contributed by atoms with Crippen molar-refractivity contribution in [3.05, 3.63) is 0 Å². The summed E-state index contributed by atoms with van der Waals surface area (Å²) in [6.07, 6.45) is 3.39. The van der Waals surface area contributed by atoms with Crippen LogP contribution in [0.3, 0.4) is 0 Å². The van der Waals surface area contributed by atoms with E-state index in [9.17, 15) is 4.79 Å². The quantitative estimate of drug-likeness (QED) is 0.631. The fraction of sp³-hybridized carbons (Fsp3) is 0.909. The summed E-state index contributed by atoms with van der Waals surface area (Å²) >= 11 is 0. The molecule has 1 unspecified atom stereocenters. The lowest BCUT2D eigenvalue weighted by atomic mass is 10.2. The normalized spacial score (nSPS) is 17.9. The molecule has 0 aliphatic heterocycles. The van der Waals surface area contributed by atoms with E-state index in [1.54, 1.807) is 6.92 Å². The summed E-state index contributed by atoms with van der Waals surface area (Å²) in [5.41, 5.74) is 5.70. The lowest BCUT2D eigenvalue weighted by Gasteiger charge is -2.18. The van der Waals surface area contributed by atoms with Gasteiger partial charge in [0.2, 0.25) is 0 Å². The van der Waals surface area contributed by atoms with E-state index in [2.05, 4.69) is 11.9 Å². The average molecular weight is 214 g/mol. The zero-order valence-corrected chi connectivity index (χ0v) is 9.74. The summed E-state index contributed by atoms with van der Waals surface area (Å²) in [5.74, 6) is 0.603. The highest BCUT2D eigenvalue weighted by Crippen LogP contribution is 2.29. The molecule has 0 amide bonds. The average Bonchev–Trinajstić information content (AvgIpc) is 2.98. The molecule has 0 aromatic rings. The van der Waals surface area contributed by atoms with Gasteiger partial charge in [-0.2, -0.15) is 0 Å². The number of hydrogen-bond donors (Lipinski definition) is 1. The van der Waals surface area contributed by atoms with Crippen molar-refractivity contribution in [3.8, 4) is 0 Å². The third kappa shape index (κ3) is 5.14. The molecule has 4 nitrogen and oxygen atoms in total. The van der Waals surface area contributed by atoms with Gasteiger partial charge in [0.1, 0.15) is 6.04 Å². The van der Waals surface area contributed by atoms with E-state index in [4.69, 9.17) is 10.5 Å². The van der Waals surface area contributed by atoms with Crippen molar-refractivity contribution >= 4 is 5.97 Å². The Labute approximate surface area is 91.8 Å². The van der Waals surface area contributed by atoms with Crippen LogP contribution in [-0.2, 0) is 9.53 Å². The molecule has 0 radical (unpaired) electrons. The molecule has 0 spiro atoms. The molecule has 0 aromatic heterocycles. The highest BCUT2D eigenvalue weighted by molar-refractivity contribution is 5.75. The molecule has 15 heavy (non-hydrogen) atoms. The van der Waals surface area contributed by atoms with Gasteiger partial charge in [0.05, 0.1) is 6.61 Å². The first-order valence-electron chi connectivity index (χ1n) is 5.74. The van der Waals surface area contributed by atoms with Crippen LogP contribution in [0.4, 0.5) is 0 Å². The van der Waals surface area contributed by atoms with Gasteiger partial charge in [-0.25, -0.2) is 0 Å². The third-order valence-electron chi connectivity index (χ3n) is 2.68. The molecule has 0 aromatic carbocycles. The molecular formula is C11H22N2O2. The van der Waals surface area contributed by atoms with E-state index in [1.807, 2.05) is 0 Å². The Balaban J connectivity index is 2.08. The third-order valence-corrected chi connectivity index (χ3v) is 2.68. The molecule has 1 rings (SSSR count). The van der Waals surface area contributed by atoms with Gasteiger partial charge in [-0.15, -0.1) is 0 Å². The highest BCUT2D eigenvalue weighted by atomic mass is 16.5. The van der Waals surface area contributed by atoms with Crippen LogP contribution in [0.5, 0.6) is 0 Å². The van der Waals surface area contributed by atoms with Crippen LogP contribution < -0.4 is 5.73 Å². The van der Waals surface area contributed by atoms with Crippen LogP contribution in [0, 0.1) is 5.92 Å². The van der Waals surface area contributed by atoms with Crippen LogP contribution in [0.1, 0.15) is 26.2 Å². The molecule has 88 valence electrons. The molecule has 0 bridgehead atoms.